The summed E-state index contributed by atoms with van der Waals surface area (Å²) in [4.78, 5) is 10.7. The maximum Gasteiger partial charge on any atom is 0.293 e. The van der Waals surface area contributed by atoms with E-state index in [-0.39, 0.29) is 10.6 Å². The fourth-order valence-electron chi connectivity index (χ4n) is 2.57. The van der Waals surface area contributed by atoms with Gasteiger partial charge in [-0.15, -0.1) is 0 Å². The van der Waals surface area contributed by atoms with E-state index in [0.717, 1.165) is 16.0 Å². The van der Waals surface area contributed by atoms with Crippen molar-refractivity contribution in [3.05, 3.63) is 31.9 Å². The van der Waals surface area contributed by atoms with Crippen LogP contribution in [0.25, 0.3) is 0 Å². The van der Waals surface area contributed by atoms with Crippen molar-refractivity contribution in [1.29, 1.82) is 0 Å². The Morgan fingerprint density at radius 3 is 2.89 bits per heavy atom. The minimum absolute atomic E-state index is 0.174. The molecule has 4 nitrogen and oxygen atoms in total. The van der Waals surface area contributed by atoms with E-state index in [0.29, 0.717) is 11.6 Å². The minimum Gasteiger partial charge on any atom is -0.379 e. The molecule has 2 unspecified atom stereocenters. The standard InChI is InChI=1S/C13H17IN2O2/c1-9-3-2-4-10(9)8-15-12-6-5-11(14)7-13(12)16(17)18/h5-7,9-10,15H,2-4,8H2,1H3. The summed E-state index contributed by atoms with van der Waals surface area (Å²) in [5, 5.41) is 14.2. The van der Waals surface area contributed by atoms with E-state index in [9.17, 15) is 10.1 Å². The van der Waals surface area contributed by atoms with Crippen molar-refractivity contribution < 1.29 is 4.92 Å². The average Bonchev–Trinajstić information content (AvgIpc) is 2.73. The van der Waals surface area contributed by atoms with Crippen LogP contribution in [-0.4, -0.2) is 11.5 Å². The molecule has 18 heavy (non-hydrogen) atoms. The lowest BCUT2D eigenvalue weighted by Gasteiger charge is -2.16. The second-order valence-corrected chi connectivity index (χ2v) is 6.21. The van der Waals surface area contributed by atoms with Crippen molar-refractivity contribution in [3.63, 3.8) is 0 Å². The molecule has 1 aromatic rings. The highest BCUT2D eigenvalue weighted by Gasteiger charge is 2.24. The van der Waals surface area contributed by atoms with Crippen molar-refractivity contribution in [2.24, 2.45) is 11.8 Å². The minimum atomic E-state index is -0.317. The predicted octanol–water partition coefficient (Wildman–Crippen LogP) is 4.05. The largest absolute Gasteiger partial charge is 0.379 e. The third-order valence-electron chi connectivity index (χ3n) is 3.75. The van der Waals surface area contributed by atoms with Crippen molar-refractivity contribution >= 4 is 34.0 Å². The second kappa shape index (κ2) is 5.86. The molecule has 0 aliphatic heterocycles. The number of nitro groups is 1. The number of nitro benzene ring substituents is 1. The van der Waals surface area contributed by atoms with Gasteiger partial charge in [0.1, 0.15) is 5.69 Å². The Bertz CT molecular complexity index is 451. The van der Waals surface area contributed by atoms with Crippen LogP contribution >= 0.6 is 22.6 Å². The molecule has 0 aromatic heterocycles. The molecule has 5 heteroatoms. The summed E-state index contributed by atoms with van der Waals surface area (Å²) in [6, 6.07) is 5.31. The van der Waals surface area contributed by atoms with E-state index in [4.69, 9.17) is 0 Å². The van der Waals surface area contributed by atoms with E-state index in [1.165, 1.54) is 19.3 Å². The number of halogens is 1. The lowest BCUT2D eigenvalue weighted by atomic mass is 9.98. The molecule has 0 amide bonds. The molecule has 0 radical (unpaired) electrons. The molecule has 1 fully saturated rings. The van der Waals surface area contributed by atoms with Crippen LogP contribution in [-0.2, 0) is 0 Å². The fourth-order valence-corrected chi connectivity index (χ4v) is 3.05. The topological polar surface area (TPSA) is 55.2 Å². The first-order chi connectivity index (χ1) is 8.58. The first-order valence-corrected chi connectivity index (χ1v) is 7.33. The molecule has 1 aliphatic carbocycles. The summed E-state index contributed by atoms with van der Waals surface area (Å²) >= 11 is 2.09. The molecular weight excluding hydrogens is 343 g/mol. The summed E-state index contributed by atoms with van der Waals surface area (Å²) in [5.41, 5.74) is 0.812. The number of benzene rings is 1. The fraction of sp³-hybridized carbons (Fsp3) is 0.538. The molecule has 1 N–H and O–H groups in total. The lowest BCUT2D eigenvalue weighted by molar-refractivity contribution is -0.384. The smallest absolute Gasteiger partial charge is 0.293 e. The first-order valence-electron chi connectivity index (χ1n) is 6.25. The Kier molecular flexibility index (Phi) is 4.42. The van der Waals surface area contributed by atoms with Gasteiger partial charge in [-0.2, -0.15) is 0 Å². The Balaban J connectivity index is 2.06. The molecule has 0 heterocycles. The summed E-state index contributed by atoms with van der Waals surface area (Å²) in [6.45, 7) is 3.10. The Labute approximate surface area is 120 Å². The summed E-state index contributed by atoms with van der Waals surface area (Å²) in [5.74, 6) is 1.37. The molecule has 1 saturated carbocycles. The molecule has 2 rings (SSSR count). The first kappa shape index (κ1) is 13.6. The van der Waals surface area contributed by atoms with E-state index in [2.05, 4.69) is 34.8 Å². The second-order valence-electron chi connectivity index (χ2n) is 4.97. The van der Waals surface area contributed by atoms with Gasteiger partial charge < -0.3 is 5.32 Å². The van der Waals surface area contributed by atoms with Crippen LogP contribution in [0.2, 0.25) is 0 Å². The van der Waals surface area contributed by atoms with Crippen LogP contribution in [0, 0.1) is 25.5 Å². The number of hydrogen-bond donors (Lipinski definition) is 1. The molecule has 0 bridgehead atoms. The lowest BCUT2D eigenvalue weighted by Crippen LogP contribution is -2.17. The number of anilines is 1. The van der Waals surface area contributed by atoms with E-state index >= 15 is 0 Å². The maximum absolute atomic E-state index is 11.0. The Hall–Kier alpha value is -0.850. The molecule has 1 aromatic carbocycles. The van der Waals surface area contributed by atoms with Crippen molar-refractivity contribution in [2.75, 3.05) is 11.9 Å². The monoisotopic (exact) mass is 360 g/mol. The molecule has 2 atom stereocenters. The van der Waals surface area contributed by atoms with Crippen molar-refractivity contribution in [2.45, 2.75) is 26.2 Å². The van der Waals surface area contributed by atoms with Gasteiger partial charge >= 0.3 is 0 Å². The molecule has 1 aliphatic rings. The Morgan fingerprint density at radius 1 is 1.50 bits per heavy atom. The molecule has 98 valence electrons. The van der Waals surface area contributed by atoms with Gasteiger partial charge in [-0.1, -0.05) is 19.8 Å². The van der Waals surface area contributed by atoms with E-state index in [1.807, 2.05) is 6.07 Å². The van der Waals surface area contributed by atoms with Crippen LogP contribution in [0.1, 0.15) is 26.2 Å². The van der Waals surface area contributed by atoms with Gasteiger partial charge in [0.15, 0.2) is 0 Å². The van der Waals surface area contributed by atoms with Gasteiger partial charge in [0, 0.05) is 16.2 Å². The van der Waals surface area contributed by atoms with Crippen molar-refractivity contribution in [1.82, 2.24) is 0 Å². The third kappa shape index (κ3) is 3.13. The number of rotatable bonds is 4. The SMILES string of the molecule is CC1CCCC1CNc1ccc(I)cc1[N+](=O)[O-]. The van der Waals surface area contributed by atoms with Gasteiger partial charge in [-0.05, 0) is 53.0 Å². The van der Waals surface area contributed by atoms with Crippen LogP contribution in [0.15, 0.2) is 18.2 Å². The highest BCUT2D eigenvalue weighted by Crippen LogP contribution is 2.32. The molecule has 0 spiro atoms. The summed E-state index contributed by atoms with van der Waals surface area (Å²) in [7, 11) is 0. The van der Waals surface area contributed by atoms with Gasteiger partial charge in [0.2, 0.25) is 0 Å². The Morgan fingerprint density at radius 2 is 2.28 bits per heavy atom. The highest BCUT2D eigenvalue weighted by molar-refractivity contribution is 14.1. The quantitative estimate of drug-likeness (QED) is 0.501. The summed E-state index contributed by atoms with van der Waals surface area (Å²) < 4.78 is 0.888. The van der Waals surface area contributed by atoms with E-state index < -0.39 is 0 Å². The zero-order valence-corrected chi connectivity index (χ0v) is 12.5. The average molecular weight is 360 g/mol. The van der Waals surface area contributed by atoms with E-state index in [1.54, 1.807) is 12.1 Å². The summed E-state index contributed by atoms with van der Waals surface area (Å²) in [6.07, 6.45) is 3.79. The van der Waals surface area contributed by atoms with Gasteiger partial charge in [0.05, 0.1) is 4.92 Å². The van der Waals surface area contributed by atoms with Gasteiger partial charge in [-0.3, -0.25) is 10.1 Å². The number of nitrogens with zero attached hydrogens (tertiary/aromatic N) is 1. The third-order valence-corrected chi connectivity index (χ3v) is 4.42. The number of hydrogen-bond acceptors (Lipinski definition) is 3. The number of nitrogens with one attached hydrogen (secondary N) is 1. The zero-order chi connectivity index (χ0) is 13.1. The molecule has 0 saturated heterocycles. The predicted molar refractivity (Wildman–Crippen MR) is 80.8 cm³/mol. The maximum atomic E-state index is 11.0. The highest BCUT2D eigenvalue weighted by atomic mass is 127. The van der Waals surface area contributed by atoms with Crippen LogP contribution in [0.4, 0.5) is 11.4 Å². The normalized spacial score (nSPS) is 23.0. The van der Waals surface area contributed by atoms with Crippen molar-refractivity contribution in [3.8, 4) is 0 Å². The van der Waals surface area contributed by atoms with Gasteiger partial charge in [0.25, 0.3) is 5.69 Å². The van der Waals surface area contributed by atoms with Gasteiger partial charge in [-0.25, -0.2) is 0 Å². The van der Waals surface area contributed by atoms with Crippen LogP contribution in [0.3, 0.4) is 0 Å². The zero-order valence-electron chi connectivity index (χ0n) is 10.4. The van der Waals surface area contributed by atoms with Crippen LogP contribution in [0.5, 0.6) is 0 Å². The molecular formula is C13H17IN2O2. The van der Waals surface area contributed by atoms with Crippen LogP contribution < -0.4 is 5.32 Å².